The van der Waals surface area contributed by atoms with Crippen LogP contribution in [0.15, 0.2) is 29.4 Å². The van der Waals surface area contributed by atoms with Crippen molar-refractivity contribution in [3.8, 4) is 17.1 Å². The lowest BCUT2D eigenvalue weighted by Gasteiger charge is -2.26. The molecule has 0 bridgehead atoms. The van der Waals surface area contributed by atoms with Crippen LogP contribution >= 0.6 is 11.8 Å². The monoisotopic (exact) mass is 402 g/mol. The van der Waals surface area contributed by atoms with E-state index in [1.807, 2.05) is 45.0 Å². The molecule has 1 aliphatic rings. The molecule has 1 fully saturated rings. The smallest absolute Gasteiger partial charge is 0.230 e. The molecule has 0 aliphatic heterocycles. The molecule has 0 spiro atoms. The highest BCUT2D eigenvalue weighted by atomic mass is 32.2. The van der Waals surface area contributed by atoms with Crippen LogP contribution in [-0.4, -0.2) is 39.1 Å². The summed E-state index contributed by atoms with van der Waals surface area (Å²) in [6.45, 7) is 5.96. The Morgan fingerprint density at radius 3 is 2.46 bits per heavy atom. The van der Waals surface area contributed by atoms with E-state index in [1.54, 1.807) is 7.11 Å². The third-order valence-corrected chi connectivity index (χ3v) is 5.74. The number of aromatic nitrogens is 3. The molecule has 1 aromatic heterocycles. The zero-order chi connectivity index (χ0) is 20.1. The van der Waals surface area contributed by atoms with Gasteiger partial charge in [0.1, 0.15) is 5.75 Å². The van der Waals surface area contributed by atoms with Gasteiger partial charge in [-0.2, -0.15) is 0 Å². The maximum Gasteiger partial charge on any atom is 0.230 e. The van der Waals surface area contributed by atoms with Crippen LogP contribution in [-0.2, 0) is 4.79 Å². The predicted octanol–water partition coefficient (Wildman–Crippen LogP) is 4.47. The van der Waals surface area contributed by atoms with E-state index in [-0.39, 0.29) is 11.4 Å². The van der Waals surface area contributed by atoms with Crippen LogP contribution in [0.1, 0.15) is 58.9 Å². The number of nitrogens with one attached hydrogen (secondary N) is 1. The summed E-state index contributed by atoms with van der Waals surface area (Å²) in [5.74, 6) is 2.04. The van der Waals surface area contributed by atoms with Crippen molar-refractivity contribution in [1.82, 2.24) is 20.1 Å². The van der Waals surface area contributed by atoms with Crippen molar-refractivity contribution in [2.45, 2.75) is 69.6 Å². The van der Waals surface area contributed by atoms with Gasteiger partial charge in [-0.15, -0.1) is 10.2 Å². The van der Waals surface area contributed by atoms with Crippen molar-refractivity contribution >= 4 is 17.7 Å². The molecule has 1 heterocycles. The van der Waals surface area contributed by atoms with Gasteiger partial charge in [-0.25, -0.2) is 0 Å². The summed E-state index contributed by atoms with van der Waals surface area (Å²) in [5, 5.41) is 12.8. The lowest BCUT2D eigenvalue weighted by Crippen LogP contribution is -2.41. The van der Waals surface area contributed by atoms with E-state index in [9.17, 15) is 4.79 Å². The van der Waals surface area contributed by atoms with Gasteiger partial charge in [0.05, 0.1) is 12.9 Å². The first kappa shape index (κ1) is 20.7. The normalized spacial score (nSPS) is 15.4. The van der Waals surface area contributed by atoms with Gasteiger partial charge in [-0.05, 0) is 57.9 Å². The van der Waals surface area contributed by atoms with Crippen LogP contribution in [0.3, 0.4) is 0 Å². The Labute approximate surface area is 171 Å². The van der Waals surface area contributed by atoms with Crippen molar-refractivity contribution in [2.24, 2.45) is 0 Å². The second-order valence-electron chi connectivity index (χ2n) is 8.28. The molecule has 1 aromatic carbocycles. The maximum absolute atomic E-state index is 12.3. The minimum Gasteiger partial charge on any atom is -0.497 e. The molecule has 1 amide bonds. The highest BCUT2D eigenvalue weighted by Gasteiger charge is 2.24. The van der Waals surface area contributed by atoms with Crippen LogP contribution < -0.4 is 10.1 Å². The first-order chi connectivity index (χ1) is 13.4. The summed E-state index contributed by atoms with van der Waals surface area (Å²) >= 11 is 1.47. The number of hydrogen-bond donors (Lipinski definition) is 1. The SMILES string of the molecule is COc1ccc(-c2nnc(SCC(=O)NC(C)(C)C)n2C2CCCCC2)cc1. The minimum absolute atomic E-state index is 0.0155. The highest BCUT2D eigenvalue weighted by Crippen LogP contribution is 2.35. The van der Waals surface area contributed by atoms with Crippen molar-refractivity contribution < 1.29 is 9.53 Å². The van der Waals surface area contributed by atoms with Crippen molar-refractivity contribution in [1.29, 1.82) is 0 Å². The van der Waals surface area contributed by atoms with E-state index in [4.69, 9.17) is 4.74 Å². The lowest BCUT2D eigenvalue weighted by atomic mass is 9.95. The summed E-state index contributed by atoms with van der Waals surface area (Å²) in [7, 11) is 1.66. The molecule has 3 rings (SSSR count). The number of hydrogen-bond acceptors (Lipinski definition) is 5. The Bertz CT molecular complexity index is 790. The van der Waals surface area contributed by atoms with E-state index in [0.29, 0.717) is 11.8 Å². The van der Waals surface area contributed by atoms with Crippen molar-refractivity contribution in [3.63, 3.8) is 0 Å². The number of amides is 1. The molecule has 0 radical (unpaired) electrons. The number of rotatable bonds is 6. The highest BCUT2D eigenvalue weighted by molar-refractivity contribution is 7.99. The van der Waals surface area contributed by atoms with Gasteiger partial charge in [0.25, 0.3) is 0 Å². The average molecular weight is 403 g/mol. The third-order valence-electron chi connectivity index (χ3n) is 4.80. The number of ether oxygens (including phenoxy) is 1. The van der Waals surface area contributed by atoms with Crippen LogP contribution in [0.5, 0.6) is 5.75 Å². The molecule has 1 N–H and O–H groups in total. The predicted molar refractivity (Wildman–Crippen MR) is 113 cm³/mol. The largest absolute Gasteiger partial charge is 0.497 e. The first-order valence-electron chi connectivity index (χ1n) is 9.90. The second kappa shape index (κ2) is 8.99. The fraction of sp³-hybridized carbons (Fsp3) is 0.571. The topological polar surface area (TPSA) is 69.0 Å². The molecule has 0 saturated heterocycles. The van der Waals surface area contributed by atoms with Crippen LogP contribution in [0, 0.1) is 0 Å². The Kier molecular flexibility index (Phi) is 6.65. The molecule has 0 unspecified atom stereocenters. The summed E-state index contributed by atoms with van der Waals surface area (Å²) in [6, 6.07) is 8.30. The molecule has 6 nitrogen and oxygen atoms in total. The van der Waals surface area contributed by atoms with Gasteiger partial charge >= 0.3 is 0 Å². The third kappa shape index (κ3) is 5.28. The summed E-state index contributed by atoms with van der Waals surface area (Å²) < 4.78 is 7.52. The fourth-order valence-electron chi connectivity index (χ4n) is 3.57. The van der Waals surface area contributed by atoms with E-state index in [0.717, 1.165) is 35.1 Å². The van der Waals surface area contributed by atoms with Crippen molar-refractivity contribution in [2.75, 3.05) is 12.9 Å². The van der Waals surface area contributed by atoms with Crippen LogP contribution in [0.2, 0.25) is 0 Å². The Morgan fingerprint density at radius 1 is 1.18 bits per heavy atom. The first-order valence-corrected chi connectivity index (χ1v) is 10.9. The molecular weight excluding hydrogens is 372 g/mol. The number of methoxy groups -OCH3 is 1. The summed E-state index contributed by atoms with van der Waals surface area (Å²) in [4.78, 5) is 12.3. The van der Waals surface area contributed by atoms with Gasteiger partial charge < -0.3 is 10.1 Å². The number of nitrogens with zero attached hydrogens (tertiary/aromatic N) is 3. The Hall–Kier alpha value is -2.02. The van der Waals surface area contributed by atoms with E-state index < -0.39 is 0 Å². The quantitative estimate of drug-likeness (QED) is 0.722. The molecule has 1 saturated carbocycles. The number of carbonyl (C=O) groups is 1. The lowest BCUT2D eigenvalue weighted by molar-refractivity contribution is -0.119. The van der Waals surface area contributed by atoms with E-state index >= 15 is 0 Å². The van der Waals surface area contributed by atoms with Gasteiger partial charge in [0.15, 0.2) is 11.0 Å². The van der Waals surface area contributed by atoms with Gasteiger partial charge in [-0.3, -0.25) is 9.36 Å². The summed E-state index contributed by atoms with van der Waals surface area (Å²) in [5.41, 5.74) is 0.785. The Morgan fingerprint density at radius 2 is 1.86 bits per heavy atom. The summed E-state index contributed by atoms with van der Waals surface area (Å²) in [6.07, 6.45) is 5.98. The molecule has 2 aromatic rings. The van der Waals surface area contributed by atoms with Gasteiger partial charge in [-0.1, -0.05) is 31.0 Å². The molecule has 1 aliphatic carbocycles. The van der Waals surface area contributed by atoms with Crippen molar-refractivity contribution in [3.05, 3.63) is 24.3 Å². The van der Waals surface area contributed by atoms with Gasteiger partial charge in [0.2, 0.25) is 5.91 Å². The molecule has 0 atom stereocenters. The van der Waals surface area contributed by atoms with Crippen LogP contribution in [0.25, 0.3) is 11.4 Å². The standard InChI is InChI=1S/C21H30N4O2S/c1-21(2,3)22-18(26)14-28-20-24-23-19(15-10-12-17(27-4)13-11-15)25(20)16-8-6-5-7-9-16/h10-13,16H,5-9,14H2,1-4H3,(H,22,26). The number of benzene rings is 1. The number of carbonyl (C=O) groups excluding carboxylic acids is 1. The van der Waals surface area contributed by atoms with E-state index in [2.05, 4.69) is 20.1 Å². The maximum atomic E-state index is 12.3. The molecule has 152 valence electrons. The number of thioether (sulfide) groups is 1. The zero-order valence-electron chi connectivity index (χ0n) is 17.2. The molecule has 28 heavy (non-hydrogen) atoms. The van der Waals surface area contributed by atoms with Gasteiger partial charge in [0, 0.05) is 17.1 Å². The van der Waals surface area contributed by atoms with Crippen LogP contribution in [0.4, 0.5) is 0 Å². The minimum atomic E-state index is -0.233. The zero-order valence-corrected chi connectivity index (χ0v) is 18.0. The molecular formula is C21H30N4O2S. The molecule has 7 heteroatoms. The van der Waals surface area contributed by atoms with E-state index in [1.165, 1.54) is 31.0 Å². The average Bonchev–Trinajstić information content (AvgIpc) is 3.10. The Balaban J connectivity index is 1.85. The second-order valence-corrected chi connectivity index (χ2v) is 9.23. The fourth-order valence-corrected chi connectivity index (χ4v) is 4.37.